The van der Waals surface area contributed by atoms with Crippen LogP contribution in [-0.2, 0) is 14.8 Å². The number of fused-ring (bicyclic) bond motifs is 1. The number of nitrogens with zero attached hydrogens (tertiary/aromatic N) is 1. The van der Waals surface area contributed by atoms with Gasteiger partial charge in [-0.05, 0) is 25.5 Å². The lowest BCUT2D eigenvalue weighted by Gasteiger charge is -2.28. The molecule has 1 heterocycles. The Morgan fingerprint density at radius 3 is 2.59 bits per heavy atom. The van der Waals surface area contributed by atoms with E-state index in [1.54, 1.807) is 20.9 Å². The summed E-state index contributed by atoms with van der Waals surface area (Å²) in [5.74, 6) is 0.592. The molecule has 0 spiro atoms. The quantitative estimate of drug-likeness (QED) is 0.262. The van der Waals surface area contributed by atoms with Gasteiger partial charge in [-0.2, -0.15) is 0 Å². The van der Waals surface area contributed by atoms with E-state index in [1.807, 2.05) is 24.3 Å². The Bertz CT molecular complexity index is 796. The number of benzene rings is 1. The fraction of sp³-hybridized carbons (Fsp3) is 0.529. The lowest BCUT2D eigenvalue weighted by molar-refractivity contribution is -0.116. The van der Waals surface area contributed by atoms with Crippen molar-refractivity contribution in [3.8, 4) is 0 Å². The molecule has 0 aromatic heterocycles. The van der Waals surface area contributed by atoms with E-state index < -0.39 is 15.6 Å². The van der Waals surface area contributed by atoms with Gasteiger partial charge in [0.1, 0.15) is 0 Å². The first-order valence-corrected chi connectivity index (χ1v) is 10.3. The maximum Gasteiger partial charge on any atom is 0.225 e. The molecule has 152 valence electrons. The summed E-state index contributed by atoms with van der Waals surface area (Å²) in [5, 5.41) is 9.22. The van der Waals surface area contributed by atoms with Crippen molar-refractivity contribution in [2.75, 3.05) is 31.7 Å². The summed E-state index contributed by atoms with van der Waals surface area (Å²) in [4.78, 5) is 16.1. The minimum Gasteiger partial charge on any atom is -0.356 e. The second kappa shape index (κ2) is 9.69. The second-order valence-corrected chi connectivity index (χ2v) is 8.85. The highest BCUT2D eigenvalue weighted by atomic mass is 127. The predicted octanol–water partition coefficient (Wildman–Crippen LogP) is 1.22. The van der Waals surface area contributed by atoms with Crippen LogP contribution < -0.4 is 20.7 Å². The number of anilines is 1. The molecule has 4 N–H and O–H groups in total. The zero-order chi connectivity index (χ0) is 19.4. The first kappa shape index (κ1) is 23.6. The Morgan fingerprint density at radius 1 is 1.30 bits per heavy atom. The molecule has 10 heteroatoms. The van der Waals surface area contributed by atoms with Gasteiger partial charge in [-0.15, -0.1) is 24.0 Å². The van der Waals surface area contributed by atoms with Crippen LogP contribution in [0.3, 0.4) is 0 Å². The largest absolute Gasteiger partial charge is 0.356 e. The van der Waals surface area contributed by atoms with Crippen molar-refractivity contribution in [3.05, 3.63) is 29.8 Å². The van der Waals surface area contributed by atoms with Gasteiger partial charge in [-0.1, -0.05) is 18.2 Å². The number of guanidine groups is 1. The van der Waals surface area contributed by atoms with E-state index in [0.29, 0.717) is 25.5 Å². The number of sulfonamides is 1. The molecule has 27 heavy (non-hydrogen) atoms. The van der Waals surface area contributed by atoms with Crippen LogP contribution in [0.2, 0.25) is 0 Å². The van der Waals surface area contributed by atoms with Gasteiger partial charge in [0.25, 0.3) is 0 Å². The molecule has 1 amide bonds. The molecule has 0 fully saturated rings. The minimum absolute atomic E-state index is 0. The normalized spacial score (nSPS) is 17.4. The van der Waals surface area contributed by atoms with Crippen molar-refractivity contribution in [1.29, 1.82) is 0 Å². The third-order valence-corrected chi connectivity index (χ3v) is 4.93. The van der Waals surface area contributed by atoms with E-state index in [4.69, 9.17) is 0 Å². The van der Waals surface area contributed by atoms with Gasteiger partial charge in [0, 0.05) is 43.7 Å². The average Bonchev–Trinajstić information content (AvgIpc) is 2.52. The minimum atomic E-state index is -3.30. The first-order chi connectivity index (χ1) is 12.1. The van der Waals surface area contributed by atoms with Gasteiger partial charge < -0.3 is 16.0 Å². The van der Waals surface area contributed by atoms with Gasteiger partial charge in [0.15, 0.2) is 5.96 Å². The molecule has 0 aliphatic carbocycles. The molecule has 1 aromatic rings. The van der Waals surface area contributed by atoms with Crippen molar-refractivity contribution in [2.45, 2.75) is 31.7 Å². The maximum atomic E-state index is 11.9. The van der Waals surface area contributed by atoms with Crippen LogP contribution in [0.4, 0.5) is 5.69 Å². The number of hydrogen-bond donors (Lipinski definition) is 4. The number of amides is 1. The monoisotopic (exact) mass is 509 g/mol. The maximum absolute atomic E-state index is 11.9. The van der Waals surface area contributed by atoms with Crippen molar-refractivity contribution >= 4 is 51.6 Å². The molecule has 1 aromatic carbocycles. The first-order valence-electron chi connectivity index (χ1n) is 8.42. The molecular formula is C17H28IN5O3S. The number of halogens is 1. The van der Waals surface area contributed by atoms with Crippen molar-refractivity contribution in [2.24, 2.45) is 4.99 Å². The topological polar surface area (TPSA) is 112 Å². The van der Waals surface area contributed by atoms with Crippen molar-refractivity contribution in [1.82, 2.24) is 15.4 Å². The Labute approximate surface area is 178 Å². The number of rotatable bonds is 6. The molecule has 1 aliphatic rings. The molecule has 2 rings (SSSR count). The summed E-state index contributed by atoms with van der Waals surface area (Å²) in [5.41, 5.74) is 1.27. The van der Waals surface area contributed by atoms with Gasteiger partial charge in [0.05, 0.1) is 6.26 Å². The van der Waals surface area contributed by atoms with Crippen molar-refractivity contribution in [3.63, 3.8) is 0 Å². The molecule has 0 radical (unpaired) electrons. The number of hydrogen-bond acceptors (Lipinski definition) is 4. The molecule has 8 nitrogen and oxygen atoms in total. The van der Waals surface area contributed by atoms with Crippen LogP contribution in [0.1, 0.15) is 31.7 Å². The Hall–Kier alpha value is -1.40. The summed E-state index contributed by atoms with van der Waals surface area (Å²) in [7, 11) is -1.65. The molecule has 1 unspecified atom stereocenters. The van der Waals surface area contributed by atoms with Crippen molar-refractivity contribution < 1.29 is 13.2 Å². The Kier molecular flexibility index (Phi) is 8.48. The fourth-order valence-corrected chi connectivity index (χ4v) is 4.04. The molecule has 1 aliphatic heterocycles. The lowest BCUT2D eigenvalue weighted by Crippen LogP contribution is -2.53. The highest BCUT2D eigenvalue weighted by Gasteiger charge is 2.25. The SMILES string of the molecule is CN=C(NCC1CC(=O)Nc2ccccc21)NCC(C)(C)NS(C)(=O)=O.I. The summed E-state index contributed by atoms with van der Waals surface area (Å²) in [6.07, 6.45) is 1.54. The van der Waals surface area contributed by atoms with Gasteiger partial charge in [-0.3, -0.25) is 9.79 Å². The van der Waals surface area contributed by atoms with E-state index in [-0.39, 0.29) is 35.8 Å². The molecular weight excluding hydrogens is 481 g/mol. The Morgan fingerprint density at radius 2 is 1.96 bits per heavy atom. The van der Waals surface area contributed by atoms with E-state index in [2.05, 4.69) is 25.7 Å². The zero-order valence-electron chi connectivity index (χ0n) is 16.0. The van der Waals surface area contributed by atoms with Crippen LogP contribution >= 0.6 is 24.0 Å². The summed E-state index contributed by atoms with van der Waals surface area (Å²) >= 11 is 0. The predicted molar refractivity (Wildman–Crippen MR) is 119 cm³/mol. The second-order valence-electron chi connectivity index (χ2n) is 7.10. The van der Waals surface area contributed by atoms with E-state index in [0.717, 1.165) is 17.5 Å². The molecule has 0 saturated heterocycles. The van der Waals surface area contributed by atoms with Gasteiger partial charge in [0.2, 0.25) is 15.9 Å². The standard InChI is InChI=1S/C17H27N5O3S.HI/c1-17(2,22-26(4,24)25)11-20-16(18-3)19-10-12-9-15(23)21-14-8-6-5-7-13(12)14;/h5-8,12,22H,9-11H2,1-4H3,(H,21,23)(H2,18,19,20);1H. The lowest BCUT2D eigenvalue weighted by atomic mass is 9.90. The third kappa shape index (κ3) is 7.62. The van der Waals surface area contributed by atoms with E-state index in [1.165, 1.54) is 0 Å². The van der Waals surface area contributed by atoms with E-state index >= 15 is 0 Å². The number of carbonyl (C=O) groups is 1. The van der Waals surface area contributed by atoms with E-state index in [9.17, 15) is 13.2 Å². The van der Waals surface area contributed by atoms with Crippen LogP contribution in [0, 0.1) is 0 Å². The molecule has 1 atom stereocenters. The average molecular weight is 509 g/mol. The van der Waals surface area contributed by atoms with Crippen LogP contribution in [0.15, 0.2) is 29.3 Å². The fourth-order valence-electron chi connectivity index (χ4n) is 2.97. The summed E-state index contributed by atoms with van der Waals surface area (Å²) in [6, 6.07) is 7.75. The van der Waals surface area contributed by atoms with Crippen LogP contribution in [0.5, 0.6) is 0 Å². The highest BCUT2D eigenvalue weighted by molar-refractivity contribution is 14.0. The Balaban J connectivity index is 0.00000364. The summed E-state index contributed by atoms with van der Waals surface area (Å²) < 4.78 is 25.4. The number of nitrogens with one attached hydrogen (secondary N) is 4. The zero-order valence-corrected chi connectivity index (χ0v) is 19.1. The number of para-hydroxylation sites is 1. The third-order valence-electron chi connectivity index (χ3n) is 4.01. The summed E-state index contributed by atoms with van der Waals surface area (Å²) in [6.45, 7) is 4.48. The number of aliphatic imine (C=N–C) groups is 1. The highest BCUT2D eigenvalue weighted by Crippen LogP contribution is 2.31. The molecule has 0 bridgehead atoms. The smallest absolute Gasteiger partial charge is 0.225 e. The van der Waals surface area contributed by atoms with Crippen LogP contribution in [0.25, 0.3) is 0 Å². The van der Waals surface area contributed by atoms with Crippen LogP contribution in [-0.4, -0.2) is 52.2 Å². The van der Waals surface area contributed by atoms with Gasteiger partial charge in [-0.25, -0.2) is 13.1 Å². The molecule has 0 saturated carbocycles. The van der Waals surface area contributed by atoms with Gasteiger partial charge >= 0.3 is 0 Å². The number of carbonyl (C=O) groups excluding carboxylic acids is 1.